The number of carbonyl (C=O) groups excluding carboxylic acids is 1. The number of amides is 1. The molecule has 1 aromatic heterocycles. The molecular formula is C23H29N5O3. The molecule has 0 aliphatic carbocycles. The Morgan fingerprint density at radius 2 is 1.74 bits per heavy atom. The first-order valence-electron chi connectivity index (χ1n) is 10.2. The molecule has 0 saturated carbocycles. The van der Waals surface area contributed by atoms with Gasteiger partial charge in [0.2, 0.25) is 0 Å². The SMILES string of the molecule is Cc1cccc(C)c1-n1nnnc1C(O)[C@H](Cc1ccccc1)NC(=O)OC(C)(C)C. The molecule has 164 valence electrons. The van der Waals surface area contributed by atoms with Gasteiger partial charge >= 0.3 is 6.09 Å². The van der Waals surface area contributed by atoms with Crippen molar-refractivity contribution in [3.63, 3.8) is 0 Å². The van der Waals surface area contributed by atoms with E-state index in [-0.39, 0.29) is 5.82 Å². The molecule has 2 N–H and O–H groups in total. The molecule has 2 atom stereocenters. The van der Waals surface area contributed by atoms with Crippen molar-refractivity contribution < 1.29 is 14.6 Å². The Morgan fingerprint density at radius 1 is 1.10 bits per heavy atom. The van der Waals surface area contributed by atoms with E-state index in [9.17, 15) is 9.90 Å². The Labute approximate surface area is 182 Å². The second-order valence-corrected chi connectivity index (χ2v) is 8.58. The average molecular weight is 424 g/mol. The van der Waals surface area contributed by atoms with Crippen molar-refractivity contribution in [1.29, 1.82) is 0 Å². The van der Waals surface area contributed by atoms with Crippen LogP contribution in [0.4, 0.5) is 4.79 Å². The van der Waals surface area contributed by atoms with Gasteiger partial charge in [-0.15, -0.1) is 5.10 Å². The first-order valence-corrected chi connectivity index (χ1v) is 10.2. The van der Waals surface area contributed by atoms with E-state index >= 15 is 0 Å². The van der Waals surface area contributed by atoms with Gasteiger partial charge in [0, 0.05) is 0 Å². The van der Waals surface area contributed by atoms with Gasteiger partial charge < -0.3 is 15.2 Å². The van der Waals surface area contributed by atoms with Crippen LogP contribution in [0, 0.1) is 13.8 Å². The number of aromatic nitrogens is 4. The van der Waals surface area contributed by atoms with E-state index in [0.29, 0.717) is 6.42 Å². The van der Waals surface area contributed by atoms with E-state index in [0.717, 1.165) is 22.4 Å². The minimum absolute atomic E-state index is 0.245. The monoisotopic (exact) mass is 423 g/mol. The van der Waals surface area contributed by atoms with Crippen LogP contribution in [0.15, 0.2) is 48.5 Å². The lowest BCUT2D eigenvalue weighted by molar-refractivity contribution is 0.0410. The molecule has 3 rings (SSSR count). The number of benzene rings is 2. The summed E-state index contributed by atoms with van der Waals surface area (Å²) in [6.07, 6.45) is -1.40. The van der Waals surface area contributed by atoms with Gasteiger partial charge in [-0.25, -0.2) is 4.79 Å². The molecule has 1 amide bonds. The number of carbonyl (C=O) groups is 1. The second-order valence-electron chi connectivity index (χ2n) is 8.58. The zero-order chi connectivity index (χ0) is 22.6. The highest BCUT2D eigenvalue weighted by molar-refractivity contribution is 5.68. The maximum Gasteiger partial charge on any atom is 0.407 e. The van der Waals surface area contributed by atoms with Crippen LogP contribution in [0.1, 0.15) is 49.4 Å². The summed E-state index contributed by atoms with van der Waals surface area (Å²) >= 11 is 0. The summed E-state index contributed by atoms with van der Waals surface area (Å²) in [5.74, 6) is 0.245. The number of aliphatic hydroxyl groups excluding tert-OH is 1. The average Bonchev–Trinajstić information content (AvgIpc) is 3.15. The number of nitrogens with one attached hydrogen (secondary N) is 1. The Bertz CT molecular complexity index is 1010. The molecule has 2 aromatic carbocycles. The fraction of sp³-hybridized carbons (Fsp3) is 0.391. The number of ether oxygens (including phenoxy) is 1. The van der Waals surface area contributed by atoms with E-state index in [2.05, 4.69) is 20.8 Å². The van der Waals surface area contributed by atoms with Crippen LogP contribution in [0.2, 0.25) is 0 Å². The number of para-hydroxylation sites is 1. The summed E-state index contributed by atoms with van der Waals surface area (Å²) in [7, 11) is 0. The Morgan fingerprint density at radius 3 is 2.35 bits per heavy atom. The van der Waals surface area contributed by atoms with Crippen molar-refractivity contribution in [1.82, 2.24) is 25.5 Å². The maximum absolute atomic E-state index is 12.5. The molecule has 8 heteroatoms. The number of nitrogens with zero attached hydrogens (tertiary/aromatic N) is 4. The zero-order valence-corrected chi connectivity index (χ0v) is 18.5. The van der Waals surface area contributed by atoms with Crippen LogP contribution in [-0.2, 0) is 11.2 Å². The molecule has 0 fully saturated rings. The number of alkyl carbamates (subject to hydrolysis) is 1. The van der Waals surface area contributed by atoms with Crippen molar-refractivity contribution in [2.24, 2.45) is 0 Å². The van der Waals surface area contributed by atoms with E-state index in [1.807, 2.05) is 62.4 Å². The van der Waals surface area contributed by atoms with E-state index in [1.54, 1.807) is 20.8 Å². The highest BCUT2D eigenvalue weighted by Gasteiger charge is 2.30. The van der Waals surface area contributed by atoms with E-state index in [1.165, 1.54) is 4.68 Å². The predicted molar refractivity (Wildman–Crippen MR) is 117 cm³/mol. The molecule has 0 aliphatic rings. The van der Waals surface area contributed by atoms with Crippen LogP contribution >= 0.6 is 0 Å². The van der Waals surface area contributed by atoms with Crippen molar-refractivity contribution in [2.45, 2.75) is 58.8 Å². The van der Waals surface area contributed by atoms with Crippen molar-refractivity contribution in [2.75, 3.05) is 0 Å². The van der Waals surface area contributed by atoms with Gasteiger partial charge in [-0.2, -0.15) is 4.68 Å². The number of tetrazole rings is 1. The number of aliphatic hydroxyl groups is 1. The Kier molecular flexibility index (Phi) is 6.70. The molecule has 0 saturated heterocycles. The van der Waals surface area contributed by atoms with Gasteiger partial charge in [0.25, 0.3) is 0 Å². The number of hydrogen-bond acceptors (Lipinski definition) is 6. The van der Waals surface area contributed by atoms with Crippen LogP contribution < -0.4 is 5.32 Å². The molecule has 31 heavy (non-hydrogen) atoms. The lowest BCUT2D eigenvalue weighted by atomic mass is 10.0. The highest BCUT2D eigenvalue weighted by atomic mass is 16.6. The van der Waals surface area contributed by atoms with E-state index < -0.39 is 23.8 Å². The first kappa shape index (κ1) is 22.4. The summed E-state index contributed by atoms with van der Waals surface area (Å²) in [6.45, 7) is 9.28. The summed E-state index contributed by atoms with van der Waals surface area (Å²) in [5, 5.41) is 26.0. The molecule has 0 bridgehead atoms. The minimum atomic E-state index is -1.17. The topological polar surface area (TPSA) is 102 Å². The third-order valence-electron chi connectivity index (χ3n) is 4.79. The molecule has 8 nitrogen and oxygen atoms in total. The van der Waals surface area contributed by atoms with E-state index in [4.69, 9.17) is 4.74 Å². The smallest absolute Gasteiger partial charge is 0.407 e. The van der Waals surface area contributed by atoms with Crippen LogP contribution in [0.25, 0.3) is 5.69 Å². The van der Waals surface area contributed by atoms with Crippen LogP contribution in [-0.4, -0.2) is 43.0 Å². The third-order valence-corrected chi connectivity index (χ3v) is 4.79. The lowest BCUT2D eigenvalue weighted by Crippen LogP contribution is -2.44. The van der Waals surface area contributed by atoms with Crippen molar-refractivity contribution in [3.05, 3.63) is 71.0 Å². The van der Waals surface area contributed by atoms with Gasteiger partial charge in [0.15, 0.2) is 5.82 Å². The quantitative estimate of drug-likeness (QED) is 0.630. The third kappa shape index (κ3) is 5.67. The highest BCUT2D eigenvalue weighted by Crippen LogP contribution is 2.24. The van der Waals surface area contributed by atoms with Gasteiger partial charge in [0.1, 0.15) is 11.7 Å². The molecular weight excluding hydrogens is 394 g/mol. The van der Waals surface area contributed by atoms with Crippen LogP contribution in [0.5, 0.6) is 0 Å². The fourth-order valence-corrected chi connectivity index (χ4v) is 3.43. The van der Waals surface area contributed by atoms with Crippen LogP contribution in [0.3, 0.4) is 0 Å². The largest absolute Gasteiger partial charge is 0.444 e. The number of aryl methyl sites for hydroxylation is 2. The molecule has 0 radical (unpaired) electrons. The molecule has 1 heterocycles. The second kappa shape index (κ2) is 9.26. The maximum atomic E-state index is 12.5. The number of rotatable bonds is 6. The van der Waals surface area contributed by atoms with Crippen molar-refractivity contribution in [3.8, 4) is 5.69 Å². The molecule has 3 aromatic rings. The molecule has 0 aliphatic heterocycles. The summed E-state index contributed by atoms with van der Waals surface area (Å²) in [6, 6.07) is 14.8. The predicted octanol–water partition coefficient (Wildman–Crippen LogP) is 3.45. The summed E-state index contributed by atoms with van der Waals surface area (Å²) in [4.78, 5) is 12.5. The Hall–Kier alpha value is -3.26. The normalized spacial score (nSPS) is 13.5. The minimum Gasteiger partial charge on any atom is -0.444 e. The summed E-state index contributed by atoms with van der Waals surface area (Å²) in [5.41, 5.74) is 3.04. The summed E-state index contributed by atoms with van der Waals surface area (Å²) < 4.78 is 6.94. The lowest BCUT2D eigenvalue weighted by Gasteiger charge is -2.26. The van der Waals surface area contributed by atoms with Gasteiger partial charge in [-0.05, 0) is 68.2 Å². The molecule has 0 spiro atoms. The fourth-order valence-electron chi connectivity index (χ4n) is 3.43. The van der Waals surface area contributed by atoms with Gasteiger partial charge in [-0.3, -0.25) is 0 Å². The van der Waals surface area contributed by atoms with Gasteiger partial charge in [-0.1, -0.05) is 48.5 Å². The zero-order valence-electron chi connectivity index (χ0n) is 18.5. The molecule has 1 unspecified atom stereocenters. The first-order chi connectivity index (χ1) is 14.7. The van der Waals surface area contributed by atoms with Crippen molar-refractivity contribution >= 4 is 6.09 Å². The van der Waals surface area contributed by atoms with Gasteiger partial charge in [0.05, 0.1) is 11.7 Å². The Balaban J connectivity index is 1.94. The standard InChI is InChI=1S/C23H29N5O3/c1-15-10-9-11-16(2)19(15)28-21(25-26-27-28)20(29)18(14-17-12-7-6-8-13-17)24-22(30)31-23(3,4)5/h6-13,18,20,29H,14H2,1-5H3,(H,24,30)/t18-,20?/m0/s1. The number of hydrogen-bond donors (Lipinski definition) is 2.